The molecule has 0 radical (unpaired) electrons. The fourth-order valence-corrected chi connectivity index (χ4v) is 2.22. The van der Waals surface area contributed by atoms with Crippen LogP contribution in [0.4, 0.5) is 0 Å². The fraction of sp³-hybridized carbons (Fsp3) is 0.846. The summed E-state index contributed by atoms with van der Waals surface area (Å²) >= 11 is 0. The average Bonchev–Trinajstić information content (AvgIpc) is 2.57. The van der Waals surface area contributed by atoms with Crippen LogP contribution < -0.4 is 5.32 Å². The summed E-state index contributed by atoms with van der Waals surface area (Å²) in [6.45, 7) is 2.14. The van der Waals surface area contributed by atoms with Crippen molar-refractivity contribution in [2.45, 2.75) is 51.9 Å². The first-order valence-corrected chi connectivity index (χ1v) is 6.61. The summed E-state index contributed by atoms with van der Waals surface area (Å²) in [7, 11) is 0. The molecule has 1 rings (SSSR count). The molecule has 0 bridgehead atoms. The molecule has 0 aromatic carbocycles. The Morgan fingerprint density at radius 3 is 2.35 bits per heavy atom. The van der Waals surface area contributed by atoms with E-state index < -0.39 is 5.97 Å². The van der Waals surface area contributed by atoms with Crippen LogP contribution in [0, 0.1) is 11.8 Å². The maximum Gasteiger partial charge on any atom is 0.306 e. The maximum atomic E-state index is 11.8. The van der Waals surface area contributed by atoms with Crippen molar-refractivity contribution in [3.05, 3.63) is 0 Å². The van der Waals surface area contributed by atoms with Crippen LogP contribution in [0.15, 0.2) is 0 Å². The minimum Gasteiger partial charge on any atom is -0.481 e. The van der Waals surface area contributed by atoms with E-state index in [1.165, 1.54) is 12.8 Å². The largest absolute Gasteiger partial charge is 0.481 e. The van der Waals surface area contributed by atoms with Gasteiger partial charge in [0.2, 0.25) is 5.91 Å². The molecule has 1 aliphatic rings. The molecule has 1 fully saturated rings. The molecular formula is C13H23NO3. The van der Waals surface area contributed by atoms with E-state index >= 15 is 0 Å². The van der Waals surface area contributed by atoms with Gasteiger partial charge in [0, 0.05) is 12.5 Å². The first-order valence-electron chi connectivity index (χ1n) is 6.61. The zero-order valence-electron chi connectivity index (χ0n) is 10.6. The molecule has 1 atom stereocenters. The van der Waals surface area contributed by atoms with Crippen LogP contribution in [0.1, 0.15) is 51.9 Å². The van der Waals surface area contributed by atoms with Crippen molar-refractivity contribution in [3.8, 4) is 0 Å². The van der Waals surface area contributed by atoms with Gasteiger partial charge < -0.3 is 10.4 Å². The van der Waals surface area contributed by atoms with Crippen LogP contribution in [-0.2, 0) is 9.59 Å². The molecular weight excluding hydrogens is 218 g/mol. The highest BCUT2D eigenvalue weighted by Gasteiger charge is 2.20. The molecule has 1 saturated carbocycles. The summed E-state index contributed by atoms with van der Waals surface area (Å²) in [6.07, 6.45) is 7.24. The standard InChI is InChI=1S/C13H23NO3/c1-10(13(16)17)8-9-14-12(15)11-6-4-2-3-5-7-11/h10-11H,2-9H2,1H3,(H,14,15)(H,16,17). The molecule has 2 N–H and O–H groups in total. The number of amides is 1. The minimum atomic E-state index is -0.797. The van der Waals surface area contributed by atoms with Crippen molar-refractivity contribution in [1.29, 1.82) is 0 Å². The van der Waals surface area contributed by atoms with Crippen LogP contribution in [0.2, 0.25) is 0 Å². The summed E-state index contributed by atoms with van der Waals surface area (Å²) < 4.78 is 0. The van der Waals surface area contributed by atoms with Gasteiger partial charge in [-0.1, -0.05) is 32.6 Å². The van der Waals surface area contributed by atoms with E-state index in [9.17, 15) is 9.59 Å². The lowest BCUT2D eigenvalue weighted by Crippen LogP contribution is -2.32. The quantitative estimate of drug-likeness (QED) is 0.725. The highest BCUT2D eigenvalue weighted by Crippen LogP contribution is 2.22. The van der Waals surface area contributed by atoms with Crippen molar-refractivity contribution in [3.63, 3.8) is 0 Å². The Morgan fingerprint density at radius 2 is 1.82 bits per heavy atom. The first-order chi connectivity index (χ1) is 8.11. The molecule has 0 saturated heterocycles. The van der Waals surface area contributed by atoms with Crippen molar-refractivity contribution in [1.82, 2.24) is 5.32 Å². The van der Waals surface area contributed by atoms with E-state index in [1.807, 2.05) is 0 Å². The smallest absolute Gasteiger partial charge is 0.306 e. The second-order valence-electron chi connectivity index (χ2n) is 5.01. The SMILES string of the molecule is CC(CCNC(=O)C1CCCCCC1)C(=O)O. The van der Waals surface area contributed by atoms with E-state index in [-0.39, 0.29) is 17.7 Å². The molecule has 4 heteroatoms. The molecule has 0 aliphatic heterocycles. The predicted octanol–water partition coefficient (Wildman–Crippen LogP) is 2.18. The Morgan fingerprint density at radius 1 is 1.24 bits per heavy atom. The van der Waals surface area contributed by atoms with Crippen LogP contribution >= 0.6 is 0 Å². The minimum absolute atomic E-state index is 0.115. The molecule has 98 valence electrons. The Labute approximate surface area is 103 Å². The number of nitrogens with one attached hydrogen (secondary N) is 1. The number of carboxylic acid groups (broad SMARTS) is 1. The van der Waals surface area contributed by atoms with Gasteiger partial charge in [0.1, 0.15) is 0 Å². The summed E-state index contributed by atoms with van der Waals surface area (Å²) in [5.74, 6) is -0.916. The number of hydrogen-bond donors (Lipinski definition) is 2. The van der Waals surface area contributed by atoms with Gasteiger partial charge in [0.15, 0.2) is 0 Å². The first kappa shape index (κ1) is 14.0. The van der Waals surface area contributed by atoms with E-state index in [1.54, 1.807) is 6.92 Å². The Bertz CT molecular complexity index is 257. The number of rotatable bonds is 5. The lowest BCUT2D eigenvalue weighted by atomic mass is 9.99. The van der Waals surface area contributed by atoms with Gasteiger partial charge in [0.05, 0.1) is 5.92 Å². The molecule has 1 aliphatic carbocycles. The highest BCUT2D eigenvalue weighted by atomic mass is 16.4. The Hall–Kier alpha value is -1.06. The van der Waals surface area contributed by atoms with Crippen LogP contribution in [0.3, 0.4) is 0 Å². The number of aliphatic carboxylic acids is 1. The molecule has 0 heterocycles. The molecule has 0 aromatic rings. The topological polar surface area (TPSA) is 66.4 Å². The van der Waals surface area contributed by atoms with Crippen LogP contribution in [0.5, 0.6) is 0 Å². The summed E-state index contributed by atoms with van der Waals surface area (Å²) in [5, 5.41) is 11.6. The van der Waals surface area contributed by atoms with Gasteiger partial charge in [-0.05, 0) is 19.3 Å². The number of carboxylic acids is 1. The number of carbonyl (C=O) groups is 2. The van der Waals surface area contributed by atoms with Crippen LogP contribution in [0.25, 0.3) is 0 Å². The third-order valence-corrected chi connectivity index (χ3v) is 3.52. The third-order valence-electron chi connectivity index (χ3n) is 3.52. The van der Waals surface area contributed by atoms with Crippen molar-refractivity contribution < 1.29 is 14.7 Å². The molecule has 1 unspecified atom stereocenters. The Kier molecular flexibility index (Phi) is 6.01. The Balaban J connectivity index is 2.21. The second-order valence-corrected chi connectivity index (χ2v) is 5.01. The zero-order valence-corrected chi connectivity index (χ0v) is 10.6. The lowest BCUT2D eigenvalue weighted by Gasteiger charge is -2.14. The lowest BCUT2D eigenvalue weighted by molar-refractivity contribution is -0.141. The predicted molar refractivity (Wildman–Crippen MR) is 65.6 cm³/mol. The number of carbonyl (C=O) groups excluding carboxylic acids is 1. The fourth-order valence-electron chi connectivity index (χ4n) is 2.22. The van der Waals surface area contributed by atoms with Crippen LogP contribution in [-0.4, -0.2) is 23.5 Å². The maximum absolute atomic E-state index is 11.8. The molecule has 1 amide bonds. The highest BCUT2D eigenvalue weighted by molar-refractivity contribution is 5.78. The normalized spacial score (nSPS) is 19.4. The zero-order chi connectivity index (χ0) is 12.7. The summed E-state index contributed by atoms with van der Waals surface area (Å²) in [6, 6.07) is 0. The molecule has 17 heavy (non-hydrogen) atoms. The summed E-state index contributed by atoms with van der Waals surface area (Å²) in [5.41, 5.74) is 0. The van der Waals surface area contributed by atoms with Crippen molar-refractivity contribution >= 4 is 11.9 Å². The van der Waals surface area contributed by atoms with Gasteiger partial charge in [-0.25, -0.2) is 0 Å². The number of hydrogen-bond acceptors (Lipinski definition) is 2. The van der Waals surface area contributed by atoms with E-state index in [0.29, 0.717) is 13.0 Å². The van der Waals surface area contributed by atoms with Crippen molar-refractivity contribution in [2.75, 3.05) is 6.54 Å². The summed E-state index contributed by atoms with van der Waals surface area (Å²) in [4.78, 5) is 22.5. The average molecular weight is 241 g/mol. The molecule has 0 aromatic heterocycles. The van der Waals surface area contributed by atoms with Gasteiger partial charge >= 0.3 is 5.97 Å². The molecule has 0 spiro atoms. The van der Waals surface area contributed by atoms with Gasteiger partial charge in [0.25, 0.3) is 0 Å². The molecule has 4 nitrogen and oxygen atoms in total. The second kappa shape index (κ2) is 7.30. The van der Waals surface area contributed by atoms with E-state index in [4.69, 9.17) is 5.11 Å². The third kappa shape index (κ3) is 5.20. The van der Waals surface area contributed by atoms with E-state index in [0.717, 1.165) is 25.7 Å². The monoisotopic (exact) mass is 241 g/mol. The van der Waals surface area contributed by atoms with Gasteiger partial charge in [-0.2, -0.15) is 0 Å². The van der Waals surface area contributed by atoms with Gasteiger partial charge in [-0.3, -0.25) is 9.59 Å². The van der Waals surface area contributed by atoms with Crippen molar-refractivity contribution in [2.24, 2.45) is 11.8 Å². The van der Waals surface area contributed by atoms with Gasteiger partial charge in [-0.15, -0.1) is 0 Å². The van der Waals surface area contributed by atoms with E-state index in [2.05, 4.69) is 5.32 Å².